The van der Waals surface area contributed by atoms with Crippen molar-refractivity contribution in [2.75, 3.05) is 0 Å². The summed E-state index contributed by atoms with van der Waals surface area (Å²) in [4.78, 5) is 14.9. The number of aromatic nitrogens is 2. The number of nitrogens with two attached hydrogens (primary N) is 1. The van der Waals surface area contributed by atoms with E-state index in [0.29, 0.717) is 0 Å². The zero-order valence-corrected chi connectivity index (χ0v) is 8.34. The predicted octanol–water partition coefficient (Wildman–Crippen LogP) is -1.23. The molecule has 0 fully saturated rings. The van der Waals surface area contributed by atoms with Crippen molar-refractivity contribution in [1.82, 2.24) is 9.97 Å². The molecule has 0 saturated heterocycles. The van der Waals surface area contributed by atoms with Crippen LogP contribution < -0.4 is 5.73 Å². The third-order valence-corrected chi connectivity index (χ3v) is 0.406. The van der Waals surface area contributed by atoms with E-state index in [1.165, 1.54) is 0 Å². The van der Waals surface area contributed by atoms with Gasteiger partial charge in [-0.05, 0) is 0 Å². The maximum atomic E-state index is 8.74. The number of nitrogens with zero attached hydrogens (tertiary/aromatic N) is 1. The van der Waals surface area contributed by atoms with Gasteiger partial charge in [0.25, 0.3) is 0 Å². The van der Waals surface area contributed by atoms with Crippen LogP contribution in [0.15, 0.2) is 18.7 Å². The van der Waals surface area contributed by atoms with Crippen molar-refractivity contribution >= 4 is 16.8 Å². The Morgan fingerprint density at radius 1 is 1.43 bits per heavy atom. The summed E-state index contributed by atoms with van der Waals surface area (Å²) in [6.07, 6.45) is 6.08. The number of nitrogens with one attached hydrogen (secondary N) is 1. The van der Waals surface area contributed by atoms with Gasteiger partial charge < -0.3 is 15.5 Å². The molecule has 0 aliphatic carbocycles. The van der Waals surface area contributed by atoms with Gasteiger partial charge in [-0.1, -0.05) is 0 Å². The summed E-state index contributed by atoms with van der Waals surface area (Å²) in [6.45, 7) is 0. The van der Waals surface area contributed by atoms with E-state index in [0.717, 1.165) is 6.41 Å². The Hall–Kier alpha value is -0.931. The molecule has 1 aromatic heterocycles. The van der Waals surface area contributed by atoms with E-state index in [1.807, 2.05) is 0 Å². The number of hydrogen-bond acceptors (Lipinski definition) is 4. The molecule has 0 spiro atoms. The summed E-state index contributed by atoms with van der Waals surface area (Å²) in [5, 5.41) is 0. The number of hydrogen-bond donors (Lipinski definition) is 4. The molecule has 0 radical (unpaired) electrons. The number of imidazole rings is 1. The minimum absolute atomic E-state index is 0. The average molecular weight is 274 g/mol. The first-order valence-corrected chi connectivity index (χ1v) is 4.02. The number of amides is 1. The molecule has 86 valence electrons. The fourth-order valence-electron chi connectivity index (χ4n) is 0.215. The van der Waals surface area contributed by atoms with Crippen LogP contribution >= 0.6 is 0 Å². The van der Waals surface area contributed by atoms with Crippen molar-refractivity contribution in [3.8, 4) is 0 Å². The van der Waals surface area contributed by atoms with Gasteiger partial charge in [-0.2, -0.15) is 14.8 Å². The number of H-pyrrole nitrogens is 1. The van der Waals surface area contributed by atoms with Crippen molar-refractivity contribution in [1.29, 1.82) is 0 Å². The van der Waals surface area contributed by atoms with Crippen molar-refractivity contribution in [2.45, 2.75) is 0 Å². The first-order chi connectivity index (χ1) is 5.91. The minimum Gasteiger partial charge on any atom is -0.543 e. The molecule has 0 saturated carbocycles. The maximum Gasteiger partial charge on any atom is 1.00 e. The van der Waals surface area contributed by atoms with E-state index in [4.69, 9.17) is 22.3 Å². The van der Waals surface area contributed by atoms with Crippen molar-refractivity contribution < 1.29 is 39.4 Å². The number of primary amides is 1. The molecule has 5 N–H and O–H groups in total. The van der Waals surface area contributed by atoms with Gasteiger partial charge in [-0.25, -0.2) is 4.98 Å². The van der Waals surface area contributed by atoms with Crippen LogP contribution in [0.5, 0.6) is 0 Å². The van der Waals surface area contributed by atoms with Gasteiger partial charge in [0.1, 0.15) is 0 Å². The van der Waals surface area contributed by atoms with Crippen molar-refractivity contribution in [2.24, 2.45) is 5.73 Å². The molecule has 0 aliphatic rings. The standard InChI is InChI=1S/C3H4N2.CH2NO.Cu.H2O4S/c1-2-5-3-4-1;2-1-3;;1-5(2,3)4/h1-3H,(H,4,5);(H2,2,3);;(H2,1,2,3,4)/q;-1;+1;. The molecule has 1 amide bonds. The number of rotatable bonds is 0. The maximum absolute atomic E-state index is 8.74. The summed E-state index contributed by atoms with van der Waals surface area (Å²) in [6, 6.07) is 0. The largest absolute Gasteiger partial charge is 1.00 e. The molecule has 14 heavy (non-hydrogen) atoms. The molecule has 1 rings (SSSR count). The van der Waals surface area contributed by atoms with E-state index < -0.39 is 10.4 Å². The summed E-state index contributed by atoms with van der Waals surface area (Å²) < 4.78 is 31.6. The second-order valence-electron chi connectivity index (χ2n) is 1.33. The van der Waals surface area contributed by atoms with Crippen LogP contribution in [0.25, 0.3) is 0 Å². The van der Waals surface area contributed by atoms with Crippen LogP contribution in [-0.2, 0) is 32.3 Å². The molecular formula is C4H8CuN3O5S. The quantitative estimate of drug-likeness (QED) is 0.201. The van der Waals surface area contributed by atoms with Crippen LogP contribution in [0.2, 0.25) is 0 Å². The first kappa shape index (κ1) is 18.8. The zero-order chi connectivity index (χ0) is 10.7. The smallest absolute Gasteiger partial charge is 0.543 e. The Morgan fingerprint density at radius 2 is 1.79 bits per heavy atom. The monoisotopic (exact) mass is 273 g/mol. The molecule has 0 bridgehead atoms. The predicted molar refractivity (Wildman–Crippen MR) is 42.6 cm³/mol. The molecule has 0 unspecified atom stereocenters. The topological polar surface area (TPSA) is 146 Å². The second kappa shape index (κ2) is 12.1. The Kier molecular flexibility index (Phi) is 16.2. The third-order valence-electron chi connectivity index (χ3n) is 0.406. The number of carbonyl (C=O) groups excluding carboxylic acids is 1. The Morgan fingerprint density at radius 3 is 1.86 bits per heavy atom. The summed E-state index contributed by atoms with van der Waals surface area (Å²) in [7, 11) is -4.67. The molecule has 0 aromatic carbocycles. The minimum atomic E-state index is -4.67. The molecule has 0 aliphatic heterocycles. The Bertz CT molecular complexity index is 261. The van der Waals surface area contributed by atoms with Crippen molar-refractivity contribution in [3.05, 3.63) is 18.7 Å². The van der Waals surface area contributed by atoms with Crippen molar-refractivity contribution in [3.63, 3.8) is 0 Å². The summed E-state index contributed by atoms with van der Waals surface area (Å²) in [5.41, 5.74) is 4.04. The van der Waals surface area contributed by atoms with Crippen LogP contribution in [0.3, 0.4) is 0 Å². The molecule has 0 atom stereocenters. The van der Waals surface area contributed by atoms with Gasteiger partial charge in [0.2, 0.25) is 0 Å². The summed E-state index contributed by atoms with van der Waals surface area (Å²) >= 11 is 0. The number of aromatic amines is 1. The average Bonchev–Trinajstić information content (AvgIpc) is 2.36. The van der Waals surface area contributed by atoms with Crippen LogP contribution in [0, 0.1) is 0 Å². The van der Waals surface area contributed by atoms with Gasteiger partial charge in [-0.15, -0.1) is 0 Å². The van der Waals surface area contributed by atoms with E-state index in [9.17, 15) is 0 Å². The van der Waals surface area contributed by atoms with Gasteiger partial charge >= 0.3 is 27.5 Å². The fraction of sp³-hybridized carbons (Fsp3) is 0. The first-order valence-electron chi connectivity index (χ1n) is 2.62. The fourth-order valence-corrected chi connectivity index (χ4v) is 0.215. The van der Waals surface area contributed by atoms with E-state index in [-0.39, 0.29) is 17.1 Å². The SMILES string of the molecule is N[C-]=O.O=S(=O)(O)O.[Cu+].c1c[nH]cn1. The van der Waals surface area contributed by atoms with Gasteiger partial charge in [0, 0.05) is 12.4 Å². The molecule has 1 heterocycles. The van der Waals surface area contributed by atoms with Gasteiger partial charge in [0.15, 0.2) is 0 Å². The van der Waals surface area contributed by atoms with Gasteiger partial charge in [-0.3, -0.25) is 9.11 Å². The van der Waals surface area contributed by atoms with E-state index >= 15 is 0 Å². The van der Waals surface area contributed by atoms with Crippen LogP contribution in [0.4, 0.5) is 0 Å². The van der Waals surface area contributed by atoms with Gasteiger partial charge in [0.05, 0.1) is 6.33 Å². The normalized spacial score (nSPS) is 7.86. The third kappa shape index (κ3) is 67.8. The van der Waals surface area contributed by atoms with E-state index in [1.54, 1.807) is 18.7 Å². The molecule has 1 aromatic rings. The zero-order valence-electron chi connectivity index (χ0n) is 6.59. The summed E-state index contributed by atoms with van der Waals surface area (Å²) in [5.74, 6) is 0. The van der Waals surface area contributed by atoms with E-state index in [2.05, 4.69) is 15.7 Å². The Balaban J connectivity index is -0.000000130. The molecular weight excluding hydrogens is 266 g/mol. The molecule has 8 nitrogen and oxygen atoms in total. The van der Waals surface area contributed by atoms with Crippen LogP contribution in [-0.4, -0.2) is 33.9 Å². The van der Waals surface area contributed by atoms with Crippen LogP contribution in [0.1, 0.15) is 0 Å². The second-order valence-corrected chi connectivity index (χ2v) is 2.22. The Labute approximate surface area is 91.0 Å². The molecule has 10 heteroatoms.